The van der Waals surface area contributed by atoms with Crippen LogP contribution in [-0.4, -0.2) is 16.1 Å². The molecular formula is C15H21N3. The third kappa shape index (κ3) is 2.79. The molecule has 3 heteroatoms. The lowest BCUT2D eigenvalue weighted by molar-refractivity contribution is 0.544. The van der Waals surface area contributed by atoms with Crippen LogP contribution >= 0.6 is 0 Å². The molecule has 0 aliphatic heterocycles. The molecule has 2 rings (SSSR count). The topological polar surface area (TPSA) is 29.9 Å². The zero-order valence-corrected chi connectivity index (χ0v) is 11.1. The summed E-state index contributed by atoms with van der Waals surface area (Å²) in [4.78, 5) is 4.53. The standard InChI is InChI=1S/C15H21N3/c1-3-11-18-12-10-17-15(18)14(16-4-2)13-8-6-5-7-9-13/h5-10,12,14,16H,3-4,11H2,1-2H3. The Bertz CT molecular complexity index is 462. The van der Waals surface area contributed by atoms with E-state index in [0.717, 1.165) is 25.3 Å². The van der Waals surface area contributed by atoms with E-state index in [0.29, 0.717) is 0 Å². The van der Waals surface area contributed by atoms with Gasteiger partial charge < -0.3 is 9.88 Å². The quantitative estimate of drug-likeness (QED) is 0.845. The van der Waals surface area contributed by atoms with E-state index in [-0.39, 0.29) is 6.04 Å². The van der Waals surface area contributed by atoms with Crippen LogP contribution < -0.4 is 5.32 Å². The number of hydrogen-bond donors (Lipinski definition) is 1. The molecule has 0 aliphatic rings. The molecule has 0 amide bonds. The molecule has 0 saturated heterocycles. The highest BCUT2D eigenvalue weighted by atomic mass is 15.1. The van der Waals surface area contributed by atoms with Gasteiger partial charge in [-0.15, -0.1) is 0 Å². The highest BCUT2D eigenvalue weighted by molar-refractivity contribution is 5.25. The second-order valence-electron chi connectivity index (χ2n) is 4.38. The molecule has 0 bridgehead atoms. The van der Waals surface area contributed by atoms with Crippen molar-refractivity contribution in [3.63, 3.8) is 0 Å². The second kappa shape index (κ2) is 6.36. The predicted octanol–water partition coefficient (Wildman–Crippen LogP) is 2.99. The Balaban J connectivity index is 2.32. The molecule has 0 fully saturated rings. The largest absolute Gasteiger partial charge is 0.333 e. The van der Waals surface area contributed by atoms with Crippen molar-refractivity contribution in [2.24, 2.45) is 0 Å². The Kier molecular flexibility index (Phi) is 4.53. The first kappa shape index (κ1) is 12.8. The van der Waals surface area contributed by atoms with Crippen LogP contribution in [0.1, 0.15) is 37.7 Å². The van der Waals surface area contributed by atoms with E-state index >= 15 is 0 Å². The van der Waals surface area contributed by atoms with E-state index in [9.17, 15) is 0 Å². The third-order valence-electron chi connectivity index (χ3n) is 3.01. The fourth-order valence-corrected chi connectivity index (χ4v) is 2.22. The number of aryl methyl sites for hydroxylation is 1. The van der Waals surface area contributed by atoms with Gasteiger partial charge in [-0.25, -0.2) is 4.98 Å². The van der Waals surface area contributed by atoms with Gasteiger partial charge in [0.1, 0.15) is 5.82 Å². The molecule has 1 aromatic carbocycles. The van der Waals surface area contributed by atoms with Gasteiger partial charge in [0.05, 0.1) is 6.04 Å². The van der Waals surface area contributed by atoms with Crippen LogP contribution in [0.4, 0.5) is 0 Å². The normalized spacial score (nSPS) is 12.6. The van der Waals surface area contributed by atoms with Crippen molar-refractivity contribution >= 4 is 0 Å². The average Bonchev–Trinajstić information content (AvgIpc) is 2.85. The Hall–Kier alpha value is -1.61. The second-order valence-corrected chi connectivity index (χ2v) is 4.38. The van der Waals surface area contributed by atoms with E-state index in [1.165, 1.54) is 5.56 Å². The smallest absolute Gasteiger partial charge is 0.130 e. The van der Waals surface area contributed by atoms with E-state index in [1.54, 1.807) is 0 Å². The third-order valence-corrected chi connectivity index (χ3v) is 3.01. The summed E-state index contributed by atoms with van der Waals surface area (Å²) in [6.45, 7) is 6.26. The monoisotopic (exact) mass is 243 g/mol. The van der Waals surface area contributed by atoms with Gasteiger partial charge in [0.15, 0.2) is 0 Å². The lowest BCUT2D eigenvalue weighted by atomic mass is 10.1. The summed E-state index contributed by atoms with van der Waals surface area (Å²) in [5.74, 6) is 1.10. The molecule has 1 unspecified atom stereocenters. The molecular weight excluding hydrogens is 222 g/mol. The summed E-state index contributed by atoms with van der Waals surface area (Å²) >= 11 is 0. The van der Waals surface area contributed by atoms with Crippen molar-refractivity contribution in [2.75, 3.05) is 6.54 Å². The summed E-state index contributed by atoms with van der Waals surface area (Å²) in [6.07, 6.45) is 5.07. The molecule has 1 N–H and O–H groups in total. The Labute approximate surface area is 109 Å². The van der Waals surface area contributed by atoms with Crippen LogP contribution in [0.25, 0.3) is 0 Å². The number of nitrogens with zero attached hydrogens (tertiary/aromatic N) is 2. The molecule has 18 heavy (non-hydrogen) atoms. The number of aromatic nitrogens is 2. The maximum Gasteiger partial charge on any atom is 0.130 e. The van der Waals surface area contributed by atoms with E-state index in [2.05, 4.69) is 59.2 Å². The van der Waals surface area contributed by atoms with Crippen LogP contribution in [0.5, 0.6) is 0 Å². The zero-order chi connectivity index (χ0) is 12.8. The van der Waals surface area contributed by atoms with Gasteiger partial charge in [0, 0.05) is 18.9 Å². The summed E-state index contributed by atoms with van der Waals surface area (Å²) in [5.41, 5.74) is 1.27. The molecule has 1 heterocycles. The van der Waals surface area contributed by atoms with Crippen LogP contribution in [0.3, 0.4) is 0 Å². The Morgan fingerprint density at radius 3 is 2.67 bits per heavy atom. The minimum absolute atomic E-state index is 0.178. The van der Waals surface area contributed by atoms with Crippen molar-refractivity contribution in [3.05, 3.63) is 54.1 Å². The fraction of sp³-hybridized carbons (Fsp3) is 0.400. The van der Waals surface area contributed by atoms with Crippen molar-refractivity contribution < 1.29 is 0 Å². The molecule has 96 valence electrons. The Morgan fingerprint density at radius 1 is 1.22 bits per heavy atom. The lowest BCUT2D eigenvalue weighted by Crippen LogP contribution is -2.25. The van der Waals surface area contributed by atoms with Gasteiger partial charge in [-0.1, -0.05) is 44.2 Å². The number of rotatable bonds is 6. The number of imidazole rings is 1. The highest BCUT2D eigenvalue weighted by Crippen LogP contribution is 2.20. The first-order valence-corrected chi connectivity index (χ1v) is 6.66. The van der Waals surface area contributed by atoms with Crippen LogP contribution in [0.2, 0.25) is 0 Å². The van der Waals surface area contributed by atoms with Crippen LogP contribution in [0.15, 0.2) is 42.7 Å². The molecule has 0 saturated carbocycles. The lowest BCUT2D eigenvalue weighted by Gasteiger charge is -2.19. The Morgan fingerprint density at radius 2 is 2.00 bits per heavy atom. The van der Waals surface area contributed by atoms with Crippen LogP contribution in [0, 0.1) is 0 Å². The minimum Gasteiger partial charge on any atom is -0.333 e. The maximum atomic E-state index is 4.53. The van der Waals surface area contributed by atoms with Crippen molar-refractivity contribution in [1.29, 1.82) is 0 Å². The zero-order valence-electron chi connectivity index (χ0n) is 11.1. The first-order chi connectivity index (χ1) is 8.86. The number of benzene rings is 1. The van der Waals surface area contributed by atoms with Gasteiger partial charge in [-0.05, 0) is 18.5 Å². The molecule has 1 atom stereocenters. The predicted molar refractivity (Wildman–Crippen MR) is 74.5 cm³/mol. The minimum atomic E-state index is 0.178. The molecule has 2 aromatic rings. The average molecular weight is 243 g/mol. The van der Waals surface area contributed by atoms with Gasteiger partial charge in [-0.2, -0.15) is 0 Å². The van der Waals surface area contributed by atoms with Crippen molar-refractivity contribution in [1.82, 2.24) is 14.9 Å². The number of nitrogens with one attached hydrogen (secondary N) is 1. The maximum absolute atomic E-state index is 4.53. The van der Waals surface area contributed by atoms with Gasteiger partial charge in [0.25, 0.3) is 0 Å². The van der Waals surface area contributed by atoms with Gasteiger partial charge in [-0.3, -0.25) is 0 Å². The highest BCUT2D eigenvalue weighted by Gasteiger charge is 2.17. The van der Waals surface area contributed by atoms with E-state index in [1.807, 2.05) is 12.3 Å². The summed E-state index contributed by atoms with van der Waals surface area (Å²) < 4.78 is 2.24. The van der Waals surface area contributed by atoms with Crippen molar-refractivity contribution in [2.45, 2.75) is 32.9 Å². The SMILES string of the molecule is CCCn1ccnc1C(NCC)c1ccccc1. The summed E-state index contributed by atoms with van der Waals surface area (Å²) in [7, 11) is 0. The van der Waals surface area contributed by atoms with E-state index < -0.39 is 0 Å². The first-order valence-electron chi connectivity index (χ1n) is 6.66. The molecule has 0 aliphatic carbocycles. The van der Waals surface area contributed by atoms with Crippen LogP contribution in [-0.2, 0) is 6.54 Å². The summed E-state index contributed by atoms with van der Waals surface area (Å²) in [6, 6.07) is 10.7. The fourth-order valence-electron chi connectivity index (χ4n) is 2.22. The van der Waals surface area contributed by atoms with Crippen molar-refractivity contribution in [3.8, 4) is 0 Å². The molecule has 3 nitrogen and oxygen atoms in total. The molecule has 0 spiro atoms. The van der Waals surface area contributed by atoms with Gasteiger partial charge >= 0.3 is 0 Å². The summed E-state index contributed by atoms with van der Waals surface area (Å²) in [5, 5.41) is 3.52. The molecule has 0 radical (unpaired) electrons. The van der Waals surface area contributed by atoms with Gasteiger partial charge in [0.2, 0.25) is 0 Å². The van der Waals surface area contributed by atoms with E-state index in [4.69, 9.17) is 0 Å². The molecule has 1 aromatic heterocycles. The number of hydrogen-bond acceptors (Lipinski definition) is 2.